The van der Waals surface area contributed by atoms with Gasteiger partial charge >= 0.3 is 6.03 Å². The van der Waals surface area contributed by atoms with E-state index in [4.69, 9.17) is 9.47 Å². The van der Waals surface area contributed by atoms with Crippen LogP contribution in [0.3, 0.4) is 0 Å². The lowest BCUT2D eigenvalue weighted by Gasteiger charge is -2.21. The van der Waals surface area contributed by atoms with Gasteiger partial charge in [0.05, 0.1) is 19.9 Å². The number of methoxy groups -OCH3 is 2. The van der Waals surface area contributed by atoms with Gasteiger partial charge in [-0.3, -0.25) is 14.5 Å². The summed E-state index contributed by atoms with van der Waals surface area (Å²) in [5.41, 5.74) is -0.556. The third-order valence-corrected chi connectivity index (χ3v) is 4.86. The maximum atomic E-state index is 12.7. The van der Waals surface area contributed by atoms with Crippen molar-refractivity contribution in [2.75, 3.05) is 26.1 Å². The van der Waals surface area contributed by atoms with Gasteiger partial charge in [0.1, 0.15) is 23.6 Å². The summed E-state index contributed by atoms with van der Waals surface area (Å²) in [5.74, 6) is 0.130. The number of nitrogens with one attached hydrogen (secondary N) is 2. The smallest absolute Gasteiger partial charge is 0.325 e. The lowest BCUT2D eigenvalue weighted by Crippen LogP contribution is -2.44. The van der Waals surface area contributed by atoms with Crippen molar-refractivity contribution in [3.63, 3.8) is 0 Å². The second-order valence-corrected chi connectivity index (χ2v) is 7.08. The van der Waals surface area contributed by atoms with E-state index in [1.54, 1.807) is 25.1 Å². The molecule has 1 aliphatic heterocycles. The second kappa shape index (κ2) is 9.43. The van der Waals surface area contributed by atoms with E-state index >= 15 is 0 Å². The third-order valence-electron chi connectivity index (χ3n) is 4.86. The number of unbranched alkanes of at least 4 members (excludes halogenated alkanes) is 3. The Kier molecular flexibility index (Phi) is 7.25. The summed E-state index contributed by atoms with van der Waals surface area (Å²) in [5, 5.41) is 5.40. The lowest BCUT2D eigenvalue weighted by atomic mass is 9.94. The first-order valence-corrected chi connectivity index (χ1v) is 9.50. The van der Waals surface area contributed by atoms with Crippen LogP contribution in [-0.2, 0) is 9.59 Å². The average Bonchev–Trinajstić information content (AvgIpc) is 2.88. The number of carbonyl (C=O) groups excluding carboxylic acids is 3. The van der Waals surface area contributed by atoms with E-state index in [2.05, 4.69) is 17.6 Å². The first kappa shape index (κ1) is 21.5. The van der Waals surface area contributed by atoms with Crippen LogP contribution in [0.25, 0.3) is 0 Å². The summed E-state index contributed by atoms with van der Waals surface area (Å²) in [6, 6.07) is 4.43. The summed E-state index contributed by atoms with van der Waals surface area (Å²) in [6.45, 7) is 3.46. The Morgan fingerprint density at radius 3 is 2.57 bits per heavy atom. The number of hydrogen-bond acceptors (Lipinski definition) is 5. The van der Waals surface area contributed by atoms with Crippen molar-refractivity contribution in [3.8, 4) is 11.5 Å². The van der Waals surface area contributed by atoms with Gasteiger partial charge in [0.25, 0.3) is 5.91 Å². The molecule has 8 nitrogen and oxygen atoms in total. The maximum absolute atomic E-state index is 12.7. The van der Waals surface area contributed by atoms with Crippen LogP contribution in [0.15, 0.2) is 18.2 Å². The van der Waals surface area contributed by atoms with Gasteiger partial charge in [-0.25, -0.2) is 4.79 Å². The first-order chi connectivity index (χ1) is 13.3. The number of ether oxygens (including phenoxy) is 2. The van der Waals surface area contributed by atoms with Crippen molar-refractivity contribution < 1.29 is 23.9 Å². The predicted octanol–water partition coefficient (Wildman–Crippen LogP) is 2.92. The minimum absolute atomic E-state index is 0.365. The van der Waals surface area contributed by atoms with Crippen LogP contribution in [0.1, 0.15) is 46.0 Å². The van der Waals surface area contributed by atoms with Crippen LogP contribution in [0.4, 0.5) is 10.5 Å². The molecule has 2 rings (SSSR count). The van der Waals surface area contributed by atoms with E-state index in [0.29, 0.717) is 23.6 Å². The molecule has 28 heavy (non-hydrogen) atoms. The van der Waals surface area contributed by atoms with Crippen molar-refractivity contribution in [2.45, 2.75) is 51.5 Å². The Balaban J connectivity index is 2.02. The molecule has 0 aliphatic carbocycles. The van der Waals surface area contributed by atoms with Crippen molar-refractivity contribution in [2.24, 2.45) is 0 Å². The van der Waals surface area contributed by atoms with Crippen molar-refractivity contribution >= 4 is 23.5 Å². The van der Waals surface area contributed by atoms with Crippen LogP contribution in [0.5, 0.6) is 11.5 Å². The number of nitrogens with zero attached hydrogens (tertiary/aromatic N) is 1. The molecule has 2 N–H and O–H groups in total. The van der Waals surface area contributed by atoms with E-state index in [-0.39, 0.29) is 12.5 Å². The van der Waals surface area contributed by atoms with Gasteiger partial charge in [0.15, 0.2) is 0 Å². The number of benzene rings is 1. The molecular formula is C20H29N3O5. The van der Waals surface area contributed by atoms with Crippen LogP contribution in [0, 0.1) is 0 Å². The van der Waals surface area contributed by atoms with Crippen molar-refractivity contribution in [1.29, 1.82) is 0 Å². The lowest BCUT2D eigenvalue weighted by molar-refractivity contribution is -0.133. The number of hydrogen-bond donors (Lipinski definition) is 2. The zero-order valence-electron chi connectivity index (χ0n) is 17.0. The Bertz CT molecular complexity index is 737. The highest BCUT2D eigenvalue weighted by molar-refractivity contribution is 6.10. The minimum Gasteiger partial charge on any atom is -0.497 e. The summed E-state index contributed by atoms with van der Waals surface area (Å²) >= 11 is 0. The van der Waals surface area contributed by atoms with Gasteiger partial charge in [0, 0.05) is 6.07 Å². The number of amides is 4. The number of imide groups is 1. The molecule has 0 radical (unpaired) electrons. The van der Waals surface area contributed by atoms with Crippen LogP contribution in [0.2, 0.25) is 0 Å². The molecule has 8 heteroatoms. The van der Waals surface area contributed by atoms with Gasteiger partial charge in [-0.15, -0.1) is 0 Å². The van der Waals surface area contributed by atoms with E-state index in [0.717, 1.165) is 30.6 Å². The molecule has 1 saturated heterocycles. The molecule has 0 spiro atoms. The molecule has 4 amide bonds. The summed E-state index contributed by atoms with van der Waals surface area (Å²) in [7, 11) is 3.00. The molecule has 0 saturated carbocycles. The first-order valence-electron chi connectivity index (χ1n) is 9.50. The third kappa shape index (κ3) is 4.94. The molecule has 0 aromatic heterocycles. The van der Waals surface area contributed by atoms with E-state index < -0.39 is 17.5 Å². The highest BCUT2D eigenvalue weighted by atomic mass is 16.5. The highest BCUT2D eigenvalue weighted by Gasteiger charge is 2.47. The quantitative estimate of drug-likeness (QED) is 0.472. The number of urea groups is 1. The number of anilines is 1. The summed E-state index contributed by atoms with van der Waals surface area (Å²) < 4.78 is 10.4. The topological polar surface area (TPSA) is 97.0 Å². The molecule has 1 aliphatic rings. The van der Waals surface area contributed by atoms with Gasteiger partial charge in [-0.2, -0.15) is 0 Å². The van der Waals surface area contributed by atoms with Gasteiger partial charge < -0.3 is 20.1 Å². The SMILES string of the molecule is CCCCCCC1(C)NC(=O)N(CC(=O)Nc2cc(OC)ccc2OC)C1=O. The number of rotatable bonds is 10. The molecule has 1 aromatic carbocycles. The largest absolute Gasteiger partial charge is 0.497 e. The fraction of sp³-hybridized carbons (Fsp3) is 0.550. The molecule has 1 heterocycles. The van der Waals surface area contributed by atoms with Crippen LogP contribution < -0.4 is 20.1 Å². The highest BCUT2D eigenvalue weighted by Crippen LogP contribution is 2.29. The van der Waals surface area contributed by atoms with Crippen molar-refractivity contribution in [3.05, 3.63) is 18.2 Å². The molecule has 154 valence electrons. The summed E-state index contributed by atoms with van der Waals surface area (Å²) in [6.07, 6.45) is 4.59. The molecule has 1 aromatic rings. The Labute approximate surface area is 165 Å². The van der Waals surface area contributed by atoms with Gasteiger partial charge in [-0.1, -0.05) is 32.6 Å². The monoisotopic (exact) mass is 391 g/mol. The van der Waals surface area contributed by atoms with E-state index in [1.807, 2.05) is 0 Å². The fourth-order valence-electron chi connectivity index (χ4n) is 3.21. The maximum Gasteiger partial charge on any atom is 0.325 e. The Morgan fingerprint density at radius 1 is 1.18 bits per heavy atom. The fourth-order valence-corrected chi connectivity index (χ4v) is 3.21. The molecular weight excluding hydrogens is 362 g/mol. The van der Waals surface area contributed by atoms with E-state index in [9.17, 15) is 14.4 Å². The minimum atomic E-state index is -0.960. The molecule has 1 unspecified atom stereocenters. The second-order valence-electron chi connectivity index (χ2n) is 7.08. The zero-order valence-corrected chi connectivity index (χ0v) is 17.0. The Hall–Kier alpha value is -2.77. The van der Waals surface area contributed by atoms with Gasteiger partial charge in [-0.05, 0) is 25.5 Å². The van der Waals surface area contributed by atoms with Crippen LogP contribution in [-0.4, -0.2) is 49.0 Å². The average molecular weight is 391 g/mol. The molecule has 0 bridgehead atoms. The standard InChI is InChI=1S/C20H29N3O5/c1-5-6-7-8-11-20(2)18(25)23(19(26)22-20)13-17(24)21-15-12-14(27-3)9-10-16(15)28-4/h9-10,12H,5-8,11,13H2,1-4H3,(H,21,24)(H,22,26). The number of carbonyl (C=O) groups is 3. The zero-order chi connectivity index (χ0) is 20.7. The predicted molar refractivity (Wildman–Crippen MR) is 106 cm³/mol. The molecule has 1 atom stereocenters. The Morgan fingerprint density at radius 2 is 1.93 bits per heavy atom. The normalized spacial score (nSPS) is 18.8. The molecule has 1 fully saturated rings. The van der Waals surface area contributed by atoms with Crippen molar-refractivity contribution in [1.82, 2.24) is 10.2 Å². The summed E-state index contributed by atoms with van der Waals surface area (Å²) in [4.78, 5) is 38.4. The van der Waals surface area contributed by atoms with Crippen LogP contribution >= 0.6 is 0 Å². The van der Waals surface area contributed by atoms with Gasteiger partial charge in [0.2, 0.25) is 5.91 Å². The van der Waals surface area contributed by atoms with E-state index in [1.165, 1.54) is 14.2 Å².